The molecule has 14 heavy (non-hydrogen) atoms. The second-order valence-corrected chi connectivity index (χ2v) is 1.68. The third-order valence-electron chi connectivity index (χ3n) is 0.873. The molecule has 0 saturated carbocycles. The maximum absolute atomic E-state index is 9.85. The fourth-order valence-corrected chi connectivity index (χ4v) is 0.455. The van der Waals surface area contributed by atoms with E-state index in [-0.39, 0.29) is 0 Å². The van der Waals surface area contributed by atoms with Gasteiger partial charge in [0.25, 0.3) is 0 Å². The molecule has 4 amide bonds. The molecular formula is C7H8N4O3. The van der Waals surface area contributed by atoms with Crippen molar-refractivity contribution in [3.63, 3.8) is 0 Å². The van der Waals surface area contributed by atoms with E-state index in [0.29, 0.717) is 0 Å². The van der Waals surface area contributed by atoms with Gasteiger partial charge in [0.15, 0.2) is 0 Å². The van der Waals surface area contributed by atoms with Crippen LogP contribution in [0.2, 0.25) is 0 Å². The Hall–Kier alpha value is -2.02. The molecule has 0 aromatic heterocycles. The summed E-state index contributed by atoms with van der Waals surface area (Å²) in [5.41, 5.74) is 0. The SMILES string of the molecule is CO.O=C1N=CC=N1.O=C1N=CC=N1. The second kappa shape index (κ2) is 7.62. The average molecular weight is 196 g/mol. The number of aliphatic imine (C=N–C) groups is 4. The van der Waals surface area contributed by atoms with Crippen molar-refractivity contribution in [1.82, 2.24) is 0 Å². The Balaban J connectivity index is 0.000000206. The van der Waals surface area contributed by atoms with Gasteiger partial charge in [-0.15, -0.1) is 0 Å². The highest BCUT2D eigenvalue weighted by atomic mass is 16.2. The van der Waals surface area contributed by atoms with Crippen LogP contribution in [0.1, 0.15) is 0 Å². The molecule has 1 N–H and O–H groups in total. The van der Waals surface area contributed by atoms with Crippen LogP contribution >= 0.6 is 0 Å². The quantitative estimate of drug-likeness (QED) is 0.595. The van der Waals surface area contributed by atoms with E-state index in [4.69, 9.17) is 5.11 Å². The zero-order chi connectivity index (χ0) is 10.8. The van der Waals surface area contributed by atoms with E-state index in [0.717, 1.165) is 7.11 Å². The van der Waals surface area contributed by atoms with Crippen LogP contribution < -0.4 is 0 Å². The normalized spacial score (nSPS) is 15.0. The van der Waals surface area contributed by atoms with Crippen molar-refractivity contribution in [2.24, 2.45) is 20.0 Å². The molecule has 0 aromatic rings. The molecule has 2 aliphatic heterocycles. The minimum absolute atomic E-state index is 0.407. The van der Waals surface area contributed by atoms with Crippen LogP contribution in [0.5, 0.6) is 0 Å². The summed E-state index contributed by atoms with van der Waals surface area (Å²) in [5.74, 6) is 0. The minimum Gasteiger partial charge on any atom is -0.400 e. The van der Waals surface area contributed by atoms with E-state index in [1.165, 1.54) is 24.9 Å². The first-order chi connectivity index (χ1) is 6.79. The molecule has 0 aliphatic carbocycles. The van der Waals surface area contributed by atoms with Crippen LogP contribution in [0.25, 0.3) is 0 Å². The van der Waals surface area contributed by atoms with Gasteiger partial charge in [-0.25, -0.2) is 9.59 Å². The summed E-state index contributed by atoms with van der Waals surface area (Å²) in [6.07, 6.45) is 5.45. The zero-order valence-corrected chi connectivity index (χ0v) is 7.36. The van der Waals surface area contributed by atoms with Crippen LogP contribution in [-0.2, 0) is 0 Å². The predicted molar refractivity (Wildman–Crippen MR) is 52.9 cm³/mol. The lowest BCUT2D eigenvalue weighted by atomic mass is 10.9. The molecule has 0 aromatic carbocycles. The maximum atomic E-state index is 9.85. The molecule has 0 fully saturated rings. The van der Waals surface area contributed by atoms with Gasteiger partial charge in [0, 0.05) is 7.11 Å². The average Bonchev–Trinajstić information content (AvgIpc) is 2.83. The zero-order valence-electron chi connectivity index (χ0n) is 7.36. The van der Waals surface area contributed by atoms with Gasteiger partial charge in [0.05, 0.1) is 24.9 Å². The van der Waals surface area contributed by atoms with Gasteiger partial charge >= 0.3 is 12.1 Å². The first kappa shape index (κ1) is 12.0. The molecular weight excluding hydrogens is 188 g/mol. The van der Waals surface area contributed by atoms with Gasteiger partial charge in [-0.1, -0.05) is 0 Å². The Morgan fingerprint density at radius 3 is 1.07 bits per heavy atom. The van der Waals surface area contributed by atoms with Crippen LogP contribution in [0.4, 0.5) is 9.59 Å². The monoisotopic (exact) mass is 196 g/mol. The molecule has 2 aliphatic rings. The van der Waals surface area contributed by atoms with Gasteiger partial charge in [0.1, 0.15) is 0 Å². The molecule has 74 valence electrons. The van der Waals surface area contributed by atoms with E-state index in [2.05, 4.69) is 20.0 Å². The highest BCUT2D eigenvalue weighted by molar-refractivity contribution is 6.25. The summed E-state index contributed by atoms with van der Waals surface area (Å²) < 4.78 is 0. The Bertz CT molecular complexity index is 257. The number of carbonyl (C=O) groups excluding carboxylic acids is 2. The van der Waals surface area contributed by atoms with E-state index in [1.807, 2.05) is 0 Å². The van der Waals surface area contributed by atoms with Crippen molar-refractivity contribution in [3.05, 3.63) is 0 Å². The summed E-state index contributed by atoms with van der Waals surface area (Å²) in [4.78, 5) is 32.7. The maximum Gasteiger partial charge on any atom is 0.367 e. The number of urea groups is 2. The first-order valence-corrected chi connectivity index (χ1v) is 3.45. The molecule has 0 unspecified atom stereocenters. The molecule has 2 rings (SSSR count). The van der Waals surface area contributed by atoms with Crippen molar-refractivity contribution >= 4 is 36.9 Å². The van der Waals surface area contributed by atoms with Crippen LogP contribution in [0, 0.1) is 0 Å². The molecule has 0 bridgehead atoms. The number of aliphatic hydroxyl groups is 1. The lowest BCUT2D eigenvalue weighted by Gasteiger charge is -1.62. The Morgan fingerprint density at radius 2 is 1.00 bits per heavy atom. The Labute approximate surface area is 79.6 Å². The first-order valence-electron chi connectivity index (χ1n) is 3.45. The highest BCUT2D eigenvalue weighted by Crippen LogP contribution is 1.82. The van der Waals surface area contributed by atoms with Crippen molar-refractivity contribution in [1.29, 1.82) is 0 Å². The van der Waals surface area contributed by atoms with Gasteiger partial charge in [0.2, 0.25) is 0 Å². The van der Waals surface area contributed by atoms with Crippen LogP contribution in [0.3, 0.4) is 0 Å². The summed E-state index contributed by atoms with van der Waals surface area (Å²) in [7, 11) is 1.00. The summed E-state index contributed by atoms with van der Waals surface area (Å²) in [6.45, 7) is 0. The summed E-state index contributed by atoms with van der Waals surface area (Å²) in [6, 6.07) is -0.815. The van der Waals surface area contributed by atoms with Crippen LogP contribution in [0.15, 0.2) is 20.0 Å². The summed E-state index contributed by atoms with van der Waals surface area (Å²) in [5, 5.41) is 7.00. The second-order valence-electron chi connectivity index (χ2n) is 1.68. The number of nitrogens with zero attached hydrogens (tertiary/aromatic N) is 4. The minimum atomic E-state index is -0.407. The number of rotatable bonds is 0. The molecule has 2 heterocycles. The fourth-order valence-electron chi connectivity index (χ4n) is 0.455. The third-order valence-corrected chi connectivity index (χ3v) is 0.873. The molecule has 7 heteroatoms. The number of carbonyl (C=O) groups is 2. The van der Waals surface area contributed by atoms with Crippen molar-refractivity contribution in [3.8, 4) is 0 Å². The molecule has 0 spiro atoms. The Kier molecular flexibility index (Phi) is 6.52. The molecule has 0 radical (unpaired) electrons. The van der Waals surface area contributed by atoms with Gasteiger partial charge in [-0.3, -0.25) is 0 Å². The smallest absolute Gasteiger partial charge is 0.367 e. The fraction of sp³-hybridized carbons (Fsp3) is 0.143. The van der Waals surface area contributed by atoms with E-state index < -0.39 is 12.1 Å². The van der Waals surface area contributed by atoms with E-state index >= 15 is 0 Å². The van der Waals surface area contributed by atoms with Crippen molar-refractivity contribution in [2.45, 2.75) is 0 Å². The lowest BCUT2D eigenvalue weighted by Crippen LogP contribution is -1.70. The number of amides is 4. The molecule has 0 atom stereocenters. The highest BCUT2D eigenvalue weighted by Gasteiger charge is 1.92. The Morgan fingerprint density at radius 1 is 0.786 bits per heavy atom. The molecule has 7 nitrogen and oxygen atoms in total. The number of hydrogen-bond donors (Lipinski definition) is 1. The van der Waals surface area contributed by atoms with E-state index in [9.17, 15) is 9.59 Å². The summed E-state index contributed by atoms with van der Waals surface area (Å²) >= 11 is 0. The van der Waals surface area contributed by atoms with Crippen molar-refractivity contribution < 1.29 is 14.7 Å². The predicted octanol–water partition coefficient (Wildman–Crippen LogP) is 0.132. The van der Waals surface area contributed by atoms with Crippen LogP contribution in [-0.4, -0.2) is 49.1 Å². The van der Waals surface area contributed by atoms with E-state index in [1.54, 1.807) is 0 Å². The largest absolute Gasteiger partial charge is 0.400 e. The lowest BCUT2D eigenvalue weighted by molar-refractivity contribution is 0.257. The van der Waals surface area contributed by atoms with Gasteiger partial charge in [-0.05, 0) is 0 Å². The number of hydrogen-bond acceptors (Lipinski definition) is 3. The van der Waals surface area contributed by atoms with Gasteiger partial charge < -0.3 is 5.11 Å². The standard InChI is InChI=1S/2C3H2N2O.CH4O/c2*6-3-4-1-2-5-3;1-2/h2*1-2H;2H,1H3. The number of aliphatic hydroxyl groups excluding tert-OH is 1. The van der Waals surface area contributed by atoms with Crippen molar-refractivity contribution in [2.75, 3.05) is 7.11 Å². The molecule has 0 saturated heterocycles. The van der Waals surface area contributed by atoms with Gasteiger partial charge in [-0.2, -0.15) is 20.0 Å². The third kappa shape index (κ3) is 5.61. The topological polar surface area (TPSA) is 104 Å².